The highest BCUT2D eigenvalue weighted by Gasteiger charge is 2.45. The molecule has 0 saturated carbocycles. The quantitative estimate of drug-likeness (QED) is 0.800. The van der Waals surface area contributed by atoms with Crippen LogP contribution in [0.2, 0.25) is 0 Å². The average molecular weight is 358 g/mol. The third-order valence-electron chi connectivity index (χ3n) is 6.33. The second-order valence-electron chi connectivity index (χ2n) is 8.23. The lowest BCUT2D eigenvalue weighted by molar-refractivity contribution is -0.0395. The molecule has 0 aromatic carbocycles. The lowest BCUT2D eigenvalue weighted by atomic mass is 9.86. The molecular formula is C20H30N4O2. The molecule has 4 rings (SSSR count). The summed E-state index contributed by atoms with van der Waals surface area (Å²) in [5, 5.41) is 0. The third kappa shape index (κ3) is 3.63. The van der Waals surface area contributed by atoms with Crippen LogP contribution >= 0.6 is 0 Å². The van der Waals surface area contributed by atoms with Crippen molar-refractivity contribution in [3.8, 4) is 0 Å². The summed E-state index contributed by atoms with van der Waals surface area (Å²) in [4.78, 5) is 23.9. The van der Waals surface area contributed by atoms with Gasteiger partial charge in [-0.25, -0.2) is 0 Å². The molecule has 0 aliphatic carbocycles. The zero-order chi connectivity index (χ0) is 18.1. The largest absolute Gasteiger partial charge is 0.373 e. The predicted octanol–water partition coefficient (Wildman–Crippen LogP) is 1.40. The zero-order valence-electron chi connectivity index (χ0n) is 16.0. The Morgan fingerprint density at radius 1 is 1.15 bits per heavy atom. The van der Waals surface area contributed by atoms with Crippen LogP contribution in [0.15, 0.2) is 18.5 Å². The maximum absolute atomic E-state index is 12.7. The molecule has 4 heterocycles. The summed E-state index contributed by atoms with van der Waals surface area (Å²) in [6.07, 6.45) is 6.47. The van der Waals surface area contributed by atoms with Crippen LogP contribution in [-0.2, 0) is 4.74 Å². The maximum Gasteiger partial charge on any atom is 0.255 e. The maximum atomic E-state index is 12.7. The number of carbonyl (C=O) groups is 1. The second-order valence-corrected chi connectivity index (χ2v) is 8.23. The number of piperidine rings is 1. The van der Waals surface area contributed by atoms with E-state index in [2.05, 4.69) is 21.8 Å². The van der Waals surface area contributed by atoms with Gasteiger partial charge in [0.1, 0.15) is 0 Å². The van der Waals surface area contributed by atoms with E-state index in [4.69, 9.17) is 4.74 Å². The summed E-state index contributed by atoms with van der Waals surface area (Å²) in [5.41, 5.74) is 1.71. The number of aryl methyl sites for hydroxylation is 1. The molecule has 6 heteroatoms. The fraction of sp³-hybridized carbons (Fsp3) is 0.700. The van der Waals surface area contributed by atoms with Gasteiger partial charge >= 0.3 is 0 Å². The Hall–Kier alpha value is -1.50. The number of likely N-dealkylation sites (N-methyl/N-ethyl adjacent to an activating group) is 1. The summed E-state index contributed by atoms with van der Waals surface area (Å²) in [5.74, 6) is 0.102. The Morgan fingerprint density at radius 3 is 2.58 bits per heavy atom. The molecule has 0 unspecified atom stereocenters. The van der Waals surface area contributed by atoms with Crippen molar-refractivity contribution in [2.24, 2.45) is 0 Å². The van der Waals surface area contributed by atoms with E-state index in [1.165, 1.54) is 0 Å². The number of ether oxygens (including phenoxy) is 1. The minimum Gasteiger partial charge on any atom is -0.373 e. The molecule has 0 bridgehead atoms. The average Bonchev–Trinajstić information content (AvgIpc) is 3.06. The molecule has 3 aliphatic heterocycles. The fourth-order valence-electron chi connectivity index (χ4n) is 4.56. The number of aromatic nitrogens is 1. The summed E-state index contributed by atoms with van der Waals surface area (Å²) in [6, 6.07) is 2.47. The van der Waals surface area contributed by atoms with Gasteiger partial charge in [-0.15, -0.1) is 0 Å². The van der Waals surface area contributed by atoms with Crippen LogP contribution in [0.25, 0.3) is 0 Å². The first kappa shape index (κ1) is 17.9. The van der Waals surface area contributed by atoms with Gasteiger partial charge in [0, 0.05) is 57.7 Å². The number of likely N-dealkylation sites (tertiary alicyclic amines) is 1. The van der Waals surface area contributed by atoms with Crippen LogP contribution in [0, 0.1) is 6.92 Å². The highest BCUT2D eigenvalue weighted by molar-refractivity contribution is 5.94. The van der Waals surface area contributed by atoms with Crippen molar-refractivity contribution in [3.63, 3.8) is 0 Å². The van der Waals surface area contributed by atoms with E-state index in [0.717, 1.165) is 70.7 Å². The van der Waals surface area contributed by atoms with Crippen molar-refractivity contribution in [2.75, 3.05) is 52.9 Å². The van der Waals surface area contributed by atoms with E-state index in [9.17, 15) is 4.79 Å². The number of hydrogen-bond donors (Lipinski definition) is 0. The Morgan fingerprint density at radius 2 is 1.88 bits per heavy atom. The topological polar surface area (TPSA) is 48.9 Å². The number of hydrogen-bond acceptors (Lipinski definition) is 5. The van der Waals surface area contributed by atoms with Crippen molar-refractivity contribution in [1.82, 2.24) is 19.7 Å². The molecule has 1 aromatic heterocycles. The van der Waals surface area contributed by atoms with Crippen molar-refractivity contribution in [3.05, 3.63) is 29.6 Å². The summed E-state index contributed by atoms with van der Waals surface area (Å²) in [7, 11) is 2.19. The lowest BCUT2D eigenvalue weighted by Gasteiger charge is -2.40. The Bertz CT molecular complexity index is 649. The third-order valence-corrected chi connectivity index (χ3v) is 6.33. The molecular weight excluding hydrogens is 328 g/mol. The molecule has 26 heavy (non-hydrogen) atoms. The second kappa shape index (κ2) is 7.25. The van der Waals surface area contributed by atoms with Crippen LogP contribution in [-0.4, -0.2) is 90.2 Å². The van der Waals surface area contributed by atoms with Gasteiger partial charge in [0.05, 0.1) is 17.8 Å². The minimum atomic E-state index is -0.0182. The summed E-state index contributed by atoms with van der Waals surface area (Å²) in [6.45, 7) is 8.97. The number of rotatable bonds is 2. The lowest BCUT2D eigenvalue weighted by Crippen LogP contribution is -2.50. The van der Waals surface area contributed by atoms with Gasteiger partial charge in [-0.05, 0) is 44.9 Å². The number of piperazine rings is 1. The number of nitrogens with zero attached hydrogens (tertiary/aromatic N) is 4. The van der Waals surface area contributed by atoms with Crippen LogP contribution in [0.1, 0.15) is 35.2 Å². The first-order valence-corrected chi connectivity index (χ1v) is 9.82. The first-order valence-electron chi connectivity index (χ1n) is 9.82. The SMILES string of the molecule is Cc1cncc(C(=O)N2CCC3(CC2)C[C@@H](N2CCN(C)CC2)CO3)c1. The van der Waals surface area contributed by atoms with Crippen LogP contribution in [0.3, 0.4) is 0 Å². The zero-order valence-corrected chi connectivity index (χ0v) is 16.0. The molecule has 142 valence electrons. The molecule has 1 aromatic rings. The van der Waals surface area contributed by atoms with Crippen molar-refractivity contribution < 1.29 is 9.53 Å². The molecule has 3 saturated heterocycles. The van der Waals surface area contributed by atoms with Crippen LogP contribution < -0.4 is 0 Å². The van der Waals surface area contributed by atoms with Crippen molar-refractivity contribution >= 4 is 5.91 Å². The summed E-state index contributed by atoms with van der Waals surface area (Å²) >= 11 is 0. The van der Waals surface area contributed by atoms with E-state index < -0.39 is 0 Å². The first-order chi connectivity index (χ1) is 12.5. The normalized spacial score (nSPS) is 27.2. The number of pyridine rings is 1. The standard InChI is InChI=1S/C20H30N4O2/c1-16-11-17(14-21-13-16)19(25)24-5-3-20(4-6-24)12-18(15-26-20)23-9-7-22(2)8-10-23/h11,13-14,18H,3-10,12,15H2,1-2H3/t18-/m1/s1. The monoisotopic (exact) mass is 358 g/mol. The van der Waals surface area contributed by atoms with Gasteiger partial charge in [0.25, 0.3) is 5.91 Å². The van der Waals surface area contributed by atoms with E-state index in [-0.39, 0.29) is 11.5 Å². The van der Waals surface area contributed by atoms with Gasteiger partial charge < -0.3 is 14.5 Å². The molecule has 1 atom stereocenters. The number of amides is 1. The van der Waals surface area contributed by atoms with Crippen molar-refractivity contribution in [1.29, 1.82) is 0 Å². The predicted molar refractivity (Wildman–Crippen MR) is 100 cm³/mol. The Kier molecular flexibility index (Phi) is 4.99. The molecule has 3 aliphatic rings. The molecule has 6 nitrogen and oxygen atoms in total. The van der Waals surface area contributed by atoms with Gasteiger partial charge in [-0.2, -0.15) is 0 Å². The Balaban J connectivity index is 1.33. The van der Waals surface area contributed by atoms with Gasteiger partial charge in [-0.1, -0.05) is 0 Å². The highest BCUT2D eigenvalue weighted by atomic mass is 16.5. The molecule has 0 radical (unpaired) electrons. The number of carbonyl (C=O) groups excluding carboxylic acids is 1. The molecule has 3 fully saturated rings. The van der Waals surface area contributed by atoms with Crippen LogP contribution in [0.5, 0.6) is 0 Å². The van der Waals surface area contributed by atoms with Gasteiger partial charge in [0.15, 0.2) is 0 Å². The molecule has 1 amide bonds. The smallest absolute Gasteiger partial charge is 0.255 e. The minimum absolute atomic E-state index is 0.0182. The molecule has 0 N–H and O–H groups in total. The van der Waals surface area contributed by atoms with Crippen molar-refractivity contribution in [2.45, 2.75) is 37.8 Å². The highest BCUT2D eigenvalue weighted by Crippen LogP contribution is 2.38. The van der Waals surface area contributed by atoms with Gasteiger partial charge in [-0.3, -0.25) is 14.7 Å². The van der Waals surface area contributed by atoms with E-state index in [1.54, 1.807) is 12.4 Å². The summed E-state index contributed by atoms with van der Waals surface area (Å²) < 4.78 is 6.32. The molecule has 1 spiro atoms. The Labute approximate surface area is 156 Å². The van der Waals surface area contributed by atoms with E-state index >= 15 is 0 Å². The van der Waals surface area contributed by atoms with Crippen LogP contribution in [0.4, 0.5) is 0 Å². The fourth-order valence-corrected chi connectivity index (χ4v) is 4.56. The van der Waals surface area contributed by atoms with Gasteiger partial charge in [0.2, 0.25) is 0 Å². The van der Waals surface area contributed by atoms with E-state index in [1.807, 2.05) is 17.9 Å². The van der Waals surface area contributed by atoms with E-state index in [0.29, 0.717) is 11.6 Å².